The molecule has 1 aromatic carbocycles. The number of amides is 1. The van der Waals surface area contributed by atoms with Crippen LogP contribution in [0.1, 0.15) is 34.0 Å². The van der Waals surface area contributed by atoms with Gasteiger partial charge < -0.3 is 9.88 Å². The van der Waals surface area contributed by atoms with E-state index in [1.807, 2.05) is 24.6 Å². The minimum atomic E-state index is -0.490. The lowest BCUT2D eigenvalue weighted by Gasteiger charge is -2.25. The molecule has 25 heavy (non-hydrogen) atoms. The van der Waals surface area contributed by atoms with Crippen LogP contribution in [0, 0.1) is 19.7 Å². The van der Waals surface area contributed by atoms with Gasteiger partial charge in [0.05, 0.1) is 22.5 Å². The molecule has 3 aromatic rings. The maximum Gasteiger partial charge on any atom is 0.253 e. The number of aryl methyl sites for hydroxylation is 3. The molecule has 0 bridgehead atoms. The van der Waals surface area contributed by atoms with Crippen LogP contribution < -0.4 is 5.32 Å². The molecule has 1 amide bonds. The molecular formula is C18H18FN5O. The molecule has 0 fully saturated rings. The number of nitrogens with one attached hydrogen (secondary N) is 1. The Hall–Kier alpha value is -2.83. The fraction of sp³-hybridized carbons (Fsp3) is 0.333. The van der Waals surface area contributed by atoms with E-state index in [0.717, 1.165) is 30.1 Å². The van der Waals surface area contributed by atoms with Crippen LogP contribution in [0.15, 0.2) is 24.5 Å². The Labute approximate surface area is 144 Å². The van der Waals surface area contributed by atoms with E-state index >= 15 is 0 Å². The second-order valence-electron chi connectivity index (χ2n) is 6.42. The van der Waals surface area contributed by atoms with E-state index in [1.54, 1.807) is 6.20 Å². The Bertz CT molecular complexity index is 981. The van der Waals surface area contributed by atoms with Gasteiger partial charge in [0.15, 0.2) is 0 Å². The van der Waals surface area contributed by atoms with Crippen molar-refractivity contribution in [2.45, 2.75) is 39.3 Å². The van der Waals surface area contributed by atoms with Gasteiger partial charge in [-0.2, -0.15) is 0 Å². The molecule has 7 heteroatoms. The molecule has 1 aliphatic rings. The van der Waals surface area contributed by atoms with Crippen LogP contribution in [0.25, 0.3) is 11.0 Å². The van der Waals surface area contributed by atoms with Crippen molar-refractivity contribution < 1.29 is 9.18 Å². The van der Waals surface area contributed by atoms with E-state index in [1.165, 1.54) is 12.1 Å². The van der Waals surface area contributed by atoms with Gasteiger partial charge in [-0.1, -0.05) is 0 Å². The molecule has 0 aliphatic carbocycles. The lowest BCUT2D eigenvalue weighted by atomic mass is 10.1. The maximum absolute atomic E-state index is 14.0. The largest absolute Gasteiger partial charge is 0.347 e. The Balaban J connectivity index is 1.65. The maximum atomic E-state index is 14.0. The first-order chi connectivity index (χ1) is 12.0. The SMILES string of the molecule is Cc1nc2cc(F)cc(C(=O)NC3CCc4nccn4C3)c2nc1C. The van der Waals surface area contributed by atoms with Crippen molar-refractivity contribution >= 4 is 16.9 Å². The third-order valence-electron chi connectivity index (χ3n) is 4.66. The smallest absolute Gasteiger partial charge is 0.253 e. The fourth-order valence-electron chi connectivity index (χ4n) is 3.22. The van der Waals surface area contributed by atoms with Crippen molar-refractivity contribution in [2.24, 2.45) is 0 Å². The zero-order chi connectivity index (χ0) is 17.6. The second-order valence-corrected chi connectivity index (χ2v) is 6.42. The molecular weight excluding hydrogens is 321 g/mol. The molecule has 1 atom stereocenters. The van der Waals surface area contributed by atoms with Crippen molar-refractivity contribution in [3.63, 3.8) is 0 Å². The summed E-state index contributed by atoms with van der Waals surface area (Å²) in [5.74, 6) is 0.213. The normalized spacial score (nSPS) is 16.7. The number of imidazole rings is 1. The third kappa shape index (κ3) is 2.86. The predicted molar refractivity (Wildman–Crippen MR) is 90.8 cm³/mol. The highest BCUT2D eigenvalue weighted by Crippen LogP contribution is 2.20. The van der Waals surface area contributed by atoms with E-state index in [4.69, 9.17) is 0 Å². The number of carbonyl (C=O) groups excluding carboxylic acids is 1. The average molecular weight is 339 g/mol. The molecule has 6 nitrogen and oxygen atoms in total. The molecule has 128 valence electrons. The van der Waals surface area contributed by atoms with Gasteiger partial charge in [-0.05, 0) is 26.3 Å². The van der Waals surface area contributed by atoms with Gasteiger partial charge >= 0.3 is 0 Å². The number of aromatic nitrogens is 4. The Morgan fingerprint density at radius 1 is 1.28 bits per heavy atom. The molecule has 0 saturated carbocycles. The van der Waals surface area contributed by atoms with Crippen LogP contribution in [0.4, 0.5) is 4.39 Å². The van der Waals surface area contributed by atoms with Crippen LogP contribution >= 0.6 is 0 Å². The number of nitrogens with zero attached hydrogens (tertiary/aromatic N) is 4. The predicted octanol–water partition coefficient (Wildman–Crippen LogP) is 2.33. The van der Waals surface area contributed by atoms with E-state index in [9.17, 15) is 9.18 Å². The van der Waals surface area contributed by atoms with E-state index in [2.05, 4.69) is 20.3 Å². The molecule has 1 aliphatic heterocycles. The highest BCUT2D eigenvalue weighted by molar-refractivity contribution is 6.04. The van der Waals surface area contributed by atoms with Crippen molar-refractivity contribution in [2.75, 3.05) is 0 Å². The fourth-order valence-corrected chi connectivity index (χ4v) is 3.22. The van der Waals surface area contributed by atoms with Gasteiger partial charge in [-0.15, -0.1) is 0 Å². The summed E-state index contributed by atoms with van der Waals surface area (Å²) in [5, 5.41) is 3.00. The first-order valence-corrected chi connectivity index (χ1v) is 8.26. The summed E-state index contributed by atoms with van der Waals surface area (Å²) in [6.45, 7) is 4.31. The van der Waals surface area contributed by atoms with Crippen LogP contribution in [-0.4, -0.2) is 31.5 Å². The van der Waals surface area contributed by atoms with E-state index in [0.29, 0.717) is 17.6 Å². The highest BCUT2D eigenvalue weighted by atomic mass is 19.1. The monoisotopic (exact) mass is 339 g/mol. The average Bonchev–Trinajstić information content (AvgIpc) is 3.03. The summed E-state index contributed by atoms with van der Waals surface area (Å²) < 4.78 is 16.0. The molecule has 0 saturated heterocycles. The second kappa shape index (κ2) is 5.91. The Morgan fingerprint density at radius 3 is 2.92 bits per heavy atom. The Kier molecular flexibility index (Phi) is 3.71. The number of hydrogen-bond donors (Lipinski definition) is 1. The molecule has 0 radical (unpaired) electrons. The number of benzene rings is 1. The van der Waals surface area contributed by atoms with E-state index < -0.39 is 5.82 Å². The lowest BCUT2D eigenvalue weighted by Crippen LogP contribution is -2.41. The minimum absolute atomic E-state index is 0.0213. The van der Waals surface area contributed by atoms with Gasteiger partial charge in [-0.25, -0.2) is 19.3 Å². The first-order valence-electron chi connectivity index (χ1n) is 8.26. The van der Waals surface area contributed by atoms with Gasteiger partial charge in [0.2, 0.25) is 0 Å². The van der Waals surface area contributed by atoms with Crippen molar-refractivity contribution in [1.82, 2.24) is 24.8 Å². The standard InChI is InChI=1S/C18H18FN5O/c1-10-11(2)22-17-14(7-12(19)8-15(17)21-10)18(25)23-13-3-4-16-20-5-6-24(16)9-13/h5-8,13H,3-4,9H2,1-2H3,(H,23,25). The topological polar surface area (TPSA) is 72.7 Å². The molecule has 0 spiro atoms. The number of rotatable bonds is 2. The van der Waals surface area contributed by atoms with Gasteiger partial charge in [0.1, 0.15) is 17.2 Å². The summed E-state index contributed by atoms with van der Waals surface area (Å²) in [6.07, 6.45) is 5.28. The van der Waals surface area contributed by atoms with Gasteiger partial charge in [0, 0.05) is 37.5 Å². The quantitative estimate of drug-likeness (QED) is 0.778. The summed E-state index contributed by atoms with van der Waals surface area (Å²) in [5.41, 5.74) is 2.51. The summed E-state index contributed by atoms with van der Waals surface area (Å²) in [6, 6.07) is 2.52. The Morgan fingerprint density at radius 2 is 2.08 bits per heavy atom. The van der Waals surface area contributed by atoms with Crippen molar-refractivity contribution in [1.29, 1.82) is 0 Å². The van der Waals surface area contributed by atoms with Crippen LogP contribution in [-0.2, 0) is 13.0 Å². The number of carbonyl (C=O) groups is 1. The van der Waals surface area contributed by atoms with Gasteiger partial charge in [-0.3, -0.25) is 4.79 Å². The van der Waals surface area contributed by atoms with Crippen molar-refractivity contribution in [3.05, 3.63) is 53.1 Å². The van der Waals surface area contributed by atoms with Crippen LogP contribution in [0.5, 0.6) is 0 Å². The minimum Gasteiger partial charge on any atom is -0.347 e. The zero-order valence-electron chi connectivity index (χ0n) is 14.1. The lowest BCUT2D eigenvalue weighted by molar-refractivity contribution is 0.0928. The third-order valence-corrected chi connectivity index (χ3v) is 4.66. The van der Waals surface area contributed by atoms with Crippen LogP contribution in [0.2, 0.25) is 0 Å². The number of halogens is 1. The number of hydrogen-bond acceptors (Lipinski definition) is 4. The number of fused-ring (bicyclic) bond motifs is 2. The summed E-state index contributed by atoms with van der Waals surface area (Å²) in [4.78, 5) is 25.8. The van der Waals surface area contributed by atoms with Crippen molar-refractivity contribution in [3.8, 4) is 0 Å². The molecule has 3 heterocycles. The summed E-state index contributed by atoms with van der Waals surface area (Å²) in [7, 11) is 0. The zero-order valence-corrected chi connectivity index (χ0v) is 14.1. The van der Waals surface area contributed by atoms with Gasteiger partial charge in [0.25, 0.3) is 5.91 Å². The highest BCUT2D eigenvalue weighted by Gasteiger charge is 2.23. The molecule has 1 unspecified atom stereocenters. The molecule has 4 rings (SSSR count). The van der Waals surface area contributed by atoms with E-state index in [-0.39, 0.29) is 17.5 Å². The molecule has 2 aromatic heterocycles. The molecule has 1 N–H and O–H groups in total. The first kappa shape index (κ1) is 15.7. The van der Waals surface area contributed by atoms with Crippen LogP contribution in [0.3, 0.4) is 0 Å². The summed E-state index contributed by atoms with van der Waals surface area (Å²) >= 11 is 0.